The van der Waals surface area contributed by atoms with Crippen LogP contribution >= 0.6 is 0 Å². The molecule has 0 radical (unpaired) electrons. The van der Waals surface area contributed by atoms with E-state index in [4.69, 9.17) is 0 Å². The Morgan fingerprint density at radius 1 is 1.17 bits per heavy atom. The van der Waals surface area contributed by atoms with Gasteiger partial charge in [-0.25, -0.2) is 0 Å². The maximum Gasteiger partial charge on any atom is 1.00 e. The zero-order valence-electron chi connectivity index (χ0n) is 4.62. The first-order valence-corrected chi connectivity index (χ1v) is 1.06. The third-order valence-electron chi connectivity index (χ3n) is 0. The molecule has 0 rings (SSSR count). The molecule has 0 nitrogen and oxygen atoms in total. The van der Waals surface area contributed by atoms with E-state index in [2.05, 4.69) is 20.4 Å². The van der Waals surface area contributed by atoms with Crippen LogP contribution in [0.2, 0.25) is 0 Å². The maximum atomic E-state index is 3.33. The molecule has 0 heterocycles. The van der Waals surface area contributed by atoms with Crippen molar-refractivity contribution in [3.05, 3.63) is 26.0 Å². The molecule has 0 saturated heterocycles. The van der Waals surface area contributed by atoms with Crippen molar-refractivity contribution in [1.82, 2.24) is 0 Å². The molecule has 24 valence electrons. The summed E-state index contributed by atoms with van der Waals surface area (Å²) in [6.07, 6.45) is 0. The van der Waals surface area contributed by atoms with Gasteiger partial charge in [-0.2, -0.15) is 0 Å². The standard InChI is InChI=1S/C4H6.2Li/c1-4(2)3;;/h1-3H2;;/q-2;2*+1. The minimum Gasteiger partial charge on any atom is -0.372 e. The number of rotatable bonds is 0. The van der Waals surface area contributed by atoms with Crippen molar-refractivity contribution in [2.24, 2.45) is 0 Å². The van der Waals surface area contributed by atoms with Crippen molar-refractivity contribution in [1.29, 1.82) is 0 Å². The van der Waals surface area contributed by atoms with E-state index in [1.165, 1.54) is 0 Å². The molecule has 0 aromatic carbocycles. The van der Waals surface area contributed by atoms with Crippen LogP contribution in [-0.2, 0) is 0 Å². The molecule has 0 bridgehead atoms. The molecule has 0 atom stereocenters. The summed E-state index contributed by atoms with van der Waals surface area (Å²) >= 11 is 0. The van der Waals surface area contributed by atoms with Crippen LogP contribution in [0.3, 0.4) is 0 Å². The van der Waals surface area contributed by atoms with Crippen molar-refractivity contribution in [2.75, 3.05) is 0 Å². The van der Waals surface area contributed by atoms with Gasteiger partial charge in [0.05, 0.1) is 0 Å². The van der Waals surface area contributed by atoms with E-state index in [9.17, 15) is 0 Å². The summed E-state index contributed by atoms with van der Waals surface area (Å²) in [6.45, 7) is 10.0. The quantitative estimate of drug-likeness (QED) is 0.197. The molecular weight excluding hydrogens is 61.9 g/mol. The van der Waals surface area contributed by atoms with Gasteiger partial charge in [0.1, 0.15) is 0 Å². The van der Waals surface area contributed by atoms with Gasteiger partial charge in [0.15, 0.2) is 0 Å². The minimum absolute atomic E-state index is 0. The Balaban J connectivity index is -0.0000000450. The molecule has 0 amide bonds. The van der Waals surface area contributed by atoms with E-state index in [1.807, 2.05) is 0 Å². The molecule has 0 unspecified atom stereocenters. The Labute approximate surface area is 63.7 Å². The van der Waals surface area contributed by atoms with E-state index in [-0.39, 0.29) is 37.7 Å². The van der Waals surface area contributed by atoms with E-state index in [1.54, 1.807) is 0 Å². The van der Waals surface area contributed by atoms with Gasteiger partial charge < -0.3 is 26.0 Å². The van der Waals surface area contributed by atoms with Gasteiger partial charge >= 0.3 is 37.7 Å². The fraction of sp³-hybridized carbons (Fsp3) is 0. The molecule has 2 heteroatoms. The van der Waals surface area contributed by atoms with E-state index < -0.39 is 0 Å². The Morgan fingerprint density at radius 2 is 1.17 bits per heavy atom. The van der Waals surface area contributed by atoms with Crippen LogP contribution in [-0.4, -0.2) is 0 Å². The molecule has 0 N–H and O–H groups in total. The summed E-state index contributed by atoms with van der Waals surface area (Å²) in [5.74, 6) is 0. The van der Waals surface area contributed by atoms with Gasteiger partial charge in [0, 0.05) is 0 Å². The number of allylic oxidation sites excluding steroid dienone is 1. The van der Waals surface area contributed by atoms with Crippen molar-refractivity contribution < 1.29 is 37.7 Å². The second kappa shape index (κ2) is 9.18. The third kappa shape index (κ3) is 139. The van der Waals surface area contributed by atoms with Gasteiger partial charge in [-0.3, -0.25) is 0 Å². The van der Waals surface area contributed by atoms with Gasteiger partial charge in [-0.1, -0.05) is 0 Å². The summed E-state index contributed by atoms with van der Waals surface area (Å²) in [7, 11) is 0. The first kappa shape index (κ1) is 15.9. The monoisotopic (exact) mass is 68.1 g/mol. The fourth-order valence-corrected chi connectivity index (χ4v) is 0. The van der Waals surface area contributed by atoms with Crippen LogP contribution < -0.4 is 37.7 Å². The molecule has 6 heavy (non-hydrogen) atoms. The Kier molecular flexibility index (Phi) is 24.4. The van der Waals surface area contributed by atoms with E-state index in [0.717, 1.165) is 0 Å². The summed E-state index contributed by atoms with van der Waals surface area (Å²) in [5.41, 5.74) is 0.667. The van der Waals surface area contributed by atoms with Crippen LogP contribution in [0.1, 0.15) is 0 Å². The average molecular weight is 68.0 g/mol. The molecule has 0 spiro atoms. The van der Waals surface area contributed by atoms with Crippen molar-refractivity contribution in [3.8, 4) is 0 Å². The topological polar surface area (TPSA) is 0 Å². The number of hydrogen-bond acceptors (Lipinski definition) is 0. The Bertz CT molecular complexity index is 28.5. The van der Waals surface area contributed by atoms with E-state index >= 15 is 0 Å². The second-order valence-corrected chi connectivity index (χ2v) is 0.750. The molecule has 0 saturated carbocycles. The molecule has 0 aliphatic carbocycles. The fourth-order valence-electron chi connectivity index (χ4n) is 0. The first-order valence-electron chi connectivity index (χ1n) is 1.06. The summed E-state index contributed by atoms with van der Waals surface area (Å²) in [4.78, 5) is 0. The molecule has 0 aromatic rings. The van der Waals surface area contributed by atoms with Crippen molar-refractivity contribution in [3.63, 3.8) is 0 Å². The van der Waals surface area contributed by atoms with Gasteiger partial charge in [0.2, 0.25) is 0 Å². The molecule has 0 aliphatic heterocycles. The Hall–Kier alpha value is 0.675. The second-order valence-electron chi connectivity index (χ2n) is 0.750. The molecule has 0 fully saturated rings. The van der Waals surface area contributed by atoms with Crippen LogP contribution in [0.5, 0.6) is 0 Å². The minimum atomic E-state index is 0. The van der Waals surface area contributed by atoms with Crippen molar-refractivity contribution in [2.45, 2.75) is 0 Å². The smallest absolute Gasteiger partial charge is 0.372 e. The Morgan fingerprint density at radius 3 is 1.17 bits per heavy atom. The SMILES string of the molecule is C=C([CH2-])[CH2-].[Li+].[Li+]. The predicted molar refractivity (Wildman–Crippen MR) is 19.9 cm³/mol. The summed E-state index contributed by atoms with van der Waals surface area (Å²) in [6, 6.07) is 0. The zero-order chi connectivity index (χ0) is 3.58. The van der Waals surface area contributed by atoms with E-state index in [0.29, 0.717) is 5.57 Å². The summed E-state index contributed by atoms with van der Waals surface area (Å²) < 4.78 is 0. The molecule has 0 aliphatic rings. The normalized spacial score (nSPS) is 4.00. The predicted octanol–water partition coefficient (Wildman–Crippen LogP) is -4.78. The first-order chi connectivity index (χ1) is 1.73. The van der Waals surface area contributed by atoms with Crippen molar-refractivity contribution >= 4 is 0 Å². The molecule has 0 aromatic heterocycles. The summed E-state index contributed by atoms with van der Waals surface area (Å²) in [5, 5.41) is 0. The number of hydrogen-bond donors (Lipinski definition) is 0. The van der Waals surface area contributed by atoms with Crippen LogP contribution in [0.4, 0.5) is 0 Å². The van der Waals surface area contributed by atoms with Gasteiger partial charge in [-0.05, 0) is 0 Å². The van der Waals surface area contributed by atoms with Crippen LogP contribution in [0.25, 0.3) is 0 Å². The van der Waals surface area contributed by atoms with Gasteiger partial charge in [-0.15, -0.1) is 0 Å². The zero-order valence-corrected chi connectivity index (χ0v) is 4.62. The largest absolute Gasteiger partial charge is 1.00 e. The van der Waals surface area contributed by atoms with Crippen LogP contribution in [0.15, 0.2) is 12.2 Å². The average Bonchev–Trinajstić information content (AvgIpc) is 0.811. The van der Waals surface area contributed by atoms with Gasteiger partial charge in [0.25, 0.3) is 0 Å². The van der Waals surface area contributed by atoms with Crippen LogP contribution in [0, 0.1) is 13.8 Å². The molecular formula is C4H6Li2. The third-order valence-corrected chi connectivity index (χ3v) is 0. The maximum absolute atomic E-state index is 3.33.